The summed E-state index contributed by atoms with van der Waals surface area (Å²) < 4.78 is 0. The van der Waals surface area contributed by atoms with Gasteiger partial charge in [0.05, 0.1) is 32.0 Å². The Kier molecular flexibility index (Phi) is 8.67. The molecule has 0 aromatic carbocycles. The van der Waals surface area contributed by atoms with E-state index in [0.29, 0.717) is 19.3 Å². The van der Waals surface area contributed by atoms with E-state index in [9.17, 15) is 10.2 Å². The van der Waals surface area contributed by atoms with Gasteiger partial charge in [-0.1, -0.05) is 0 Å². The van der Waals surface area contributed by atoms with Crippen LogP contribution in [0.25, 0.3) is 0 Å². The minimum atomic E-state index is -1.17. The summed E-state index contributed by atoms with van der Waals surface area (Å²) in [6, 6.07) is 0. The lowest BCUT2D eigenvalue weighted by atomic mass is 9.83. The predicted molar refractivity (Wildman–Crippen MR) is 61.3 cm³/mol. The molecule has 6 heteroatoms. The lowest BCUT2D eigenvalue weighted by Crippen LogP contribution is -2.41. The van der Waals surface area contributed by atoms with Crippen LogP contribution >= 0.6 is 0 Å². The van der Waals surface area contributed by atoms with Crippen molar-refractivity contribution >= 4 is 0 Å². The molecule has 104 valence electrons. The zero-order valence-corrected chi connectivity index (χ0v) is 9.99. The molecule has 0 aliphatic rings. The summed E-state index contributed by atoms with van der Waals surface area (Å²) in [5, 5.41) is 55.1. The summed E-state index contributed by atoms with van der Waals surface area (Å²) in [5.41, 5.74) is -1.17. The minimum absolute atomic E-state index is 0.0384. The van der Waals surface area contributed by atoms with Crippen molar-refractivity contribution in [1.29, 1.82) is 0 Å². The van der Waals surface area contributed by atoms with E-state index in [0.717, 1.165) is 0 Å². The Morgan fingerprint density at radius 3 is 1.71 bits per heavy atom. The molecule has 0 aromatic heterocycles. The third kappa shape index (κ3) is 5.76. The molecule has 0 aromatic rings. The Morgan fingerprint density at radius 1 is 0.765 bits per heavy atom. The first-order valence-electron chi connectivity index (χ1n) is 5.85. The third-order valence-electron chi connectivity index (χ3n) is 3.00. The highest BCUT2D eigenvalue weighted by molar-refractivity contribution is 4.83. The van der Waals surface area contributed by atoms with E-state index in [1.165, 1.54) is 0 Å². The van der Waals surface area contributed by atoms with Gasteiger partial charge in [0.25, 0.3) is 0 Å². The van der Waals surface area contributed by atoms with Crippen LogP contribution < -0.4 is 0 Å². The quantitative estimate of drug-likeness (QED) is 0.256. The SMILES string of the molecule is OCCCCC(O)C(O)CC(CO)(CO)CO. The molecule has 0 aliphatic heterocycles. The Morgan fingerprint density at radius 2 is 1.29 bits per heavy atom. The van der Waals surface area contributed by atoms with E-state index in [2.05, 4.69) is 0 Å². The van der Waals surface area contributed by atoms with Crippen LogP contribution in [0.2, 0.25) is 0 Å². The molecule has 0 saturated heterocycles. The van der Waals surface area contributed by atoms with Gasteiger partial charge in [0.1, 0.15) is 0 Å². The van der Waals surface area contributed by atoms with Gasteiger partial charge in [0.15, 0.2) is 0 Å². The maximum atomic E-state index is 9.70. The van der Waals surface area contributed by atoms with E-state index in [1.807, 2.05) is 0 Å². The van der Waals surface area contributed by atoms with Crippen molar-refractivity contribution in [2.75, 3.05) is 26.4 Å². The molecule has 2 atom stereocenters. The Labute approximate surface area is 101 Å². The zero-order chi connectivity index (χ0) is 13.3. The van der Waals surface area contributed by atoms with E-state index in [-0.39, 0.29) is 13.0 Å². The molecule has 0 aliphatic carbocycles. The van der Waals surface area contributed by atoms with Gasteiger partial charge in [-0.25, -0.2) is 0 Å². The monoisotopic (exact) mass is 252 g/mol. The number of hydrogen-bond acceptors (Lipinski definition) is 6. The van der Waals surface area contributed by atoms with Crippen molar-refractivity contribution in [1.82, 2.24) is 0 Å². The van der Waals surface area contributed by atoms with E-state index in [1.54, 1.807) is 0 Å². The van der Waals surface area contributed by atoms with Gasteiger partial charge < -0.3 is 30.6 Å². The number of hydrogen-bond donors (Lipinski definition) is 6. The molecule has 0 rings (SSSR count). The number of aliphatic hydroxyl groups is 6. The molecule has 6 N–H and O–H groups in total. The van der Waals surface area contributed by atoms with Crippen LogP contribution in [0.1, 0.15) is 25.7 Å². The van der Waals surface area contributed by atoms with Crippen LogP contribution in [0.15, 0.2) is 0 Å². The van der Waals surface area contributed by atoms with Gasteiger partial charge in [-0.2, -0.15) is 0 Å². The van der Waals surface area contributed by atoms with E-state index < -0.39 is 37.4 Å². The molecule has 0 amide bonds. The van der Waals surface area contributed by atoms with Gasteiger partial charge in [-0.05, 0) is 25.7 Å². The fourth-order valence-electron chi connectivity index (χ4n) is 1.58. The molecular formula is C11H24O6. The molecular weight excluding hydrogens is 228 g/mol. The molecule has 0 heterocycles. The highest BCUT2D eigenvalue weighted by Crippen LogP contribution is 2.24. The normalized spacial score (nSPS) is 15.9. The van der Waals surface area contributed by atoms with Gasteiger partial charge in [0, 0.05) is 12.0 Å². The molecule has 0 saturated carbocycles. The van der Waals surface area contributed by atoms with Crippen LogP contribution in [-0.2, 0) is 0 Å². The Bertz CT molecular complexity index is 175. The van der Waals surface area contributed by atoms with Gasteiger partial charge in [-0.15, -0.1) is 0 Å². The lowest BCUT2D eigenvalue weighted by molar-refractivity contribution is -0.0650. The number of unbranched alkanes of at least 4 members (excludes halogenated alkanes) is 1. The zero-order valence-electron chi connectivity index (χ0n) is 9.99. The lowest BCUT2D eigenvalue weighted by Gasteiger charge is -2.31. The molecule has 17 heavy (non-hydrogen) atoms. The second-order valence-corrected chi connectivity index (χ2v) is 4.53. The van der Waals surface area contributed by atoms with Gasteiger partial charge >= 0.3 is 0 Å². The summed E-state index contributed by atoms with van der Waals surface area (Å²) in [7, 11) is 0. The maximum absolute atomic E-state index is 9.70. The van der Waals surface area contributed by atoms with Crippen LogP contribution in [0, 0.1) is 5.41 Å². The Balaban J connectivity index is 4.15. The predicted octanol–water partition coefficient (Wildman–Crippen LogP) is -1.78. The number of aliphatic hydroxyl groups excluding tert-OH is 6. The standard InChI is InChI=1S/C11H24O6/c12-4-2-1-3-9(16)10(17)5-11(6-13,7-14)8-15/h9-10,12-17H,1-8H2. The third-order valence-corrected chi connectivity index (χ3v) is 3.00. The Hall–Kier alpha value is -0.240. The average molecular weight is 252 g/mol. The highest BCUT2D eigenvalue weighted by atomic mass is 16.3. The van der Waals surface area contributed by atoms with Crippen molar-refractivity contribution in [2.45, 2.75) is 37.9 Å². The van der Waals surface area contributed by atoms with Crippen molar-refractivity contribution in [3.05, 3.63) is 0 Å². The average Bonchev–Trinajstić information content (AvgIpc) is 2.36. The van der Waals surface area contributed by atoms with E-state index >= 15 is 0 Å². The molecule has 0 radical (unpaired) electrons. The fourth-order valence-corrected chi connectivity index (χ4v) is 1.58. The molecule has 0 fully saturated rings. The summed E-state index contributed by atoms with van der Waals surface area (Å²) in [6.45, 7) is -1.34. The minimum Gasteiger partial charge on any atom is -0.396 e. The summed E-state index contributed by atoms with van der Waals surface area (Å²) in [6.07, 6.45) is -0.698. The first-order valence-corrected chi connectivity index (χ1v) is 5.85. The van der Waals surface area contributed by atoms with E-state index in [4.69, 9.17) is 20.4 Å². The second kappa shape index (κ2) is 8.79. The first kappa shape index (κ1) is 16.8. The molecule has 2 unspecified atom stereocenters. The van der Waals surface area contributed by atoms with Crippen LogP contribution in [0.4, 0.5) is 0 Å². The summed E-state index contributed by atoms with van der Waals surface area (Å²) in [4.78, 5) is 0. The maximum Gasteiger partial charge on any atom is 0.0807 e. The van der Waals surface area contributed by atoms with Crippen LogP contribution in [0.5, 0.6) is 0 Å². The van der Waals surface area contributed by atoms with Crippen molar-refractivity contribution < 1.29 is 30.6 Å². The van der Waals surface area contributed by atoms with Crippen molar-refractivity contribution in [3.63, 3.8) is 0 Å². The molecule has 0 spiro atoms. The largest absolute Gasteiger partial charge is 0.396 e. The van der Waals surface area contributed by atoms with Gasteiger partial charge in [0.2, 0.25) is 0 Å². The van der Waals surface area contributed by atoms with Crippen LogP contribution in [0.3, 0.4) is 0 Å². The van der Waals surface area contributed by atoms with Gasteiger partial charge in [-0.3, -0.25) is 0 Å². The first-order chi connectivity index (χ1) is 8.05. The fraction of sp³-hybridized carbons (Fsp3) is 1.00. The smallest absolute Gasteiger partial charge is 0.0807 e. The topological polar surface area (TPSA) is 121 Å². The van der Waals surface area contributed by atoms with Crippen molar-refractivity contribution in [3.8, 4) is 0 Å². The van der Waals surface area contributed by atoms with Crippen molar-refractivity contribution in [2.24, 2.45) is 5.41 Å². The molecule has 0 bridgehead atoms. The summed E-state index contributed by atoms with van der Waals surface area (Å²) >= 11 is 0. The van der Waals surface area contributed by atoms with Crippen LogP contribution in [-0.4, -0.2) is 69.3 Å². The molecule has 6 nitrogen and oxygen atoms in total. The highest BCUT2D eigenvalue weighted by Gasteiger charge is 2.33. The second-order valence-electron chi connectivity index (χ2n) is 4.53. The number of rotatable bonds is 10. The summed E-state index contributed by atoms with van der Waals surface area (Å²) in [5.74, 6) is 0.